The van der Waals surface area contributed by atoms with Gasteiger partial charge in [0.05, 0.1) is 11.2 Å². The summed E-state index contributed by atoms with van der Waals surface area (Å²) in [7, 11) is -2.12. The fourth-order valence-electron chi connectivity index (χ4n) is 1.54. The Balaban J connectivity index is 3.26. The number of aryl methyl sites for hydroxylation is 1. The van der Waals surface area contributed by atoms with E-state index in [1.165, 1.54) is 22.2 Å². The Hall–Kier alpha value is -0.300. The van der Waals surface area contributed by atoms with Crippen molar-refractivity contribution in [2.24, 2.45) is 7.05 Å². The van der Waals surface area contributed by atoms with Gasteiger partial charge in [0.15, 0.2) is 5.03 Å². The van der Waals surface area contributed by atoms with E-state index < -0.39 is 10.0 Å². The molecule has 0 atom stereocenters. The molecule has 0 fully saturated rings. The summed E-state index contributed by atoms with van der Waals surface area (Å²) in [6.45, 7) is 3.81. The third-order valence-corrected chi connectivity index (χ3v) is 5.03. The highest BCUT2D eigenvalue weighted by Gasteiger charge is 2.31. The van der Waals surface area contributed by atoms with E-state index in [0.717, 1.165) is 0 Å². The van der Waals surface area contributed by atoms with Crippen molar-refractivity contribution in [2.45, 2.75) is 24.9 Å². The zero-order valence-electron chi connectivity index (χ0n) is 9.89. The molecule has 1 aromatic rings. The standard InChI is InChI=1S/C9H15Cl2N3O2S/c1-7(2)14(5-4-10)17(15,16)9-8(11)6-12-13(9)3/h6-7H,4-5H2,1-3H3. The van der Waals surface area contributed by atoms with Crippen molar-refractivity contribution in [1.82, 2.24) is 14.1 Å². The summed E-state index contributed by atoms with van der Waals surface area (Å²) in [5.41, 5.74) is 0. The summed E-state index contributed by atoms with van der Waals surface area (Å²) in [5.74, 6) is 0.229. The zero-order chi connectivity index (χ0) is 13.2. The molecule has 98 valence electrons. The Bertz CT molecular complexity index is 465. The molecule has 0 amide bonds. The van der Waals surface area contributed by atoms with E-state index in [-0.39, 0.29) is 28.5 Å². The molecule has 0 bridgehead atoms. The minimum atomic E-state index is -3.66. The molecule has 5 nitrogen and oxygen atoms in total. The number of alkyl halides is 1. The molecule has 0 aliphatic heterocycles. The first kappa shape index (κ1) is 14.8. The predicted octanol–water partition coefficient (Wildman–Crippen LogP) is 1.71. The van der Waals surface area contributed by atoms with Crippen LogP contribution in [0.3, 0.4) is 0 Å². The van der Waals surface area contributed by atoms with E-state index in [0.29, 0.717) is 0 Å². The average molecular weight is 300 g/mol. The van der Waals surface area contributed by atoms with E-state index in [4.69, 9.17) is 23.2 Å². The molecule has 0 saturated carbocycles. The van der Waals surface area contributed by atoms with Gasteiger partial charge in [-0.25, -0.2) is 8.42 Å². The van der Waals surface area contributed by atoms with Crippen molar-refractivity contribution in [2.75, 3.05) is 12.4 Å². The molecule has 1 aromatic heterocycles. The first-order chi connectivity index (χ1) is 7.82. The monoisotopic (exact) mass is 299 g/mol. The summed E-state index contributed by atoms with van der Waals surface area (Å²) in [5, 5.41) is 3.95. The van der Waals surface area contributed by atoms with E-state index >= 15 is 0 Å². The van der Waals surface area contributed by atoms with Gasteiger partial charge in [-0.1, -0.05) is 11.6 Å². The highest BCUT2D eigenvalue weighted by Crippen LogP contribution is 2.24. The third kappa shape index (κ3) is 2.93. The topological polar surface area (TPSA) is 55.2 Å². The van der Waals surface area contributed by atoms with Crippen LogP contribution in [0.25, 0.3) is 0 Å². The van der Waals surface area contributed by atoms with Gasteiger partial charge in [-0.3, -0.25) is 4.68 Å². The van der Waals surface area contributed by atoms with Gasteiger partial charge < -0.3 is 0 Å². The molecule has 17 heavy (non-hydrogen) atoms. The van der Waals surface area contributed by atoms with Crippen LogP contribution >= 0.6 is 23.2 Å². The van der Waals surface area contributed by atoms with Crippen LogP contribution in [0.4, 0.5) is 0 Å². The van der Waals surface area contributed by atoms with Crippen LogP contribution in [-0.2, 0) is 17.1 Å². The van der Waals surface area contributed by atoms with Gasteiger partial charge in [-0.05, 0) is 13.8 Å². The molecule has 1 heterocycles. The Kier molecular flexibility index (Phi) is 4.83. The number of hydrogen-bond acceptors (Lipinski definition) is 3. The lowest BCUT2D eigenvalue weighted by molar-refractivity contribution is 0.366. The molecule has 0 aliphatic rings. The van der Waals surface area contributed by atoms with Gasteiger partial charge in [-0.2, -0.15) is 9.40 Å². The molecule has 0 saturated heterocycles. The van der Waals surface area contributed by atoms with Crippen molar-refractivity contribution in [3.8, 4) is 0 Å². The molecular weight excluding hydrogens is 285 g/mol. The van der Waals surface area contributed by atoms with E-state index in [2.05, 4.69) is 5.10 Å². The van der Waals surface area contributed by atoms with Crippen LogP contribution in [0.5, 0.6) is 0 Å². The highest BCUT2D eigenvalue weighted by molar-refractivity contribution is 7.89. The number of rotatable bonds is 5. The van der Waals surface area contributed by atoms with Crippen LogP contribution in [0.1, 0.15) is 13.8 Å². The van der Waals surface area contributed by atoms with Crippen molar-refractivity contribution < 1.29 is 8.42 Å². The van der Waals surface area contributed by atoms with Crippen LogP contribution in [-0.4, -0.2) is 41.0 Å². The number of aromatic nitrogens is 2. The maximum absolute atomic E-state index is 12.4. The maximum Gasteiger partial charge on any atom is 0.262 e. The van der Waals surface area contributed by atoms with Crippen LogP contribution in [0, 0.1) is 0 Å². The molecule has 0 N–H and O–H groups in total. The maximum atomic E-state index is 12.4. The van der Waals surface area contributed by atoms with Crippen molar-refractivity contribution in [3.63, 3.8) is 0 Å². The Morgan fingerprint density at radius 2 is 2.12 bits per heavy atom. The lowest BCUT2D eigenvalue weighted by Gasteiger charge is -2.24. The molecule has 8 heteroatoms. The van der Waals surface area contributed by atoms with Crippen LogP contribution in [0.15, 0.2) is 11.2 Å². The van der Waals surface area contributed by atoms with Gasteiger partial charge in [0.2, 0.25) is 0 Å². The molecule has 0 aliphatic carbocycles. The third-order valence-electron chi connectivity index (χ3n) is 2.28. The SMILES string of the molecule is CC(C)N(CCCl)S(=O)(=O)c1c(Cl)cnn1C. The van der Waals surface area contributed by atoms with Crippen molar-refractivity contribution in [3.05, 3.63) is 11.2 Å². The lowest BCUT2D eigenvalue weighted by Crippen LogP contribution is -2.39. The van der Waals surface area contributed by atoms with Crippen LogP contribution < -0.4 is 0 Å². The smallest absolute Gasteiger partial charge is 0.255 e. The number of sulfonamides is 1. The van der Waals surface area contributed by atoms with Crippen molar-refractivity contribution in [1.29, 1.82) is 0 Å². The number of hydrogen-bond donors (Lipinski definition) is 0. The summed E-state index contributed by atoms with van der Waals surface area (Å²) < 4.78 is 27.3. The number of nitrogens with zero attached hydrogens (tertiary/aromatic N) is 3. The first-order valence-corrected chi connectivity index (χ1v) is 7.43. The fraction of sp³-hybridized carbons (Fsp3) is 0.667. The Morgan fingerprint density at radius 1 is 1.53 bits per heavy atom. The average Bonchev–Trinajstić information content (AvgIpc) is 2.54. The summed E-state index contributed by atoms with van der Waals surface area (Å²) in [6, 6.07) is -0.190. The summed E-state index contributed by atoms with van der Waals surface area (Å²) in [6.07, 6.45) is 1.31. The van der Waals surface area contributed by atoms with Gasteiger partial charge in [-0.15, -0.1) is 11.6 Å². The zero-order valence-corrected chi connectivity index (χ0v) is 12.2. The highest BCUT2D eigenvalue weighted by atomic mass is 35.5. The van der Waals surface area contributed by atoms with Gasteiger partial charge in [0.1, 0.15) is 0 Å². The predicted molar refractivity (Wildman–Crippen MR) is 68.0 cm³/mol. The molecule has 0 spiro atoms. The van der Waals surface area contributed by atoms with E-state index in [9.17, 15) is 8.42 Å². The molecule has 0 unspecified atom stereocenters. The van der Waals surface area contributed by atoms with E-state index in [1.54, 1.807) is 13.8 Å². The number of halogens is 2. The Morgan fingerprint density at radius 3 is 2.47 bits per heavy atom. The second kappa shape index (κ2) is 5.56. The minimum Gasteiger partial charge on any atom is -0.255 e. The Labute approximate surface area is 111 Å². The molecule has 0 aromatic carbocycles. The second-order valence-corrected chi connectivity index (χ2v) is 6.41. The van der Waals surface area contributed by atoms with Gasteiger partial charge in [0.25, 0.3) is 10.0 Å². The lowest BCUT2D eigenvalue weighted by atomic mass is 10.4. The fourth-order valence-corrected chi connectivity index (χ4v) is 4.07. The van der Waals surface area contributed by atoms with E-state index in [1.807, 2.05) is 0 Å². The van der Waals surface area contributed by atoms with Crippen LogP contribution in [0.2, 0.25) is 5.02 Å². The summed E-state index contributed by atoms with van der Waals surface area (Å²) >= 11 is 11.5. The largest absolute Gasteiger partial charge is 0.262 e. The quantitative estimate of drug-likeness (QED) is 0.778. The molecular formula is C9H15Cl2N3O2S. The first-order valence-electron chi connectivity index (χ1n) is 5.07. The minimum absolute atomic E-state index is 0.00187. The van der Waals surface area contributed by atoms with Crippen molar-refractivity contribution >= 4 is 33.2 Å². The van der Waals surface area contributed by atoms with Gasteiger partial charge >= 0.3 is 0 Å². The molecule has 0 radical (unpaired) electrons. The normalized spacial score (nSPS) is 12.6. The second-order valence-electron chi connectivity index (χ2n) is 3.82. The van der Waals surface area contributed by atoms with Gasteiger partial charge in [0, 0.05) is 25.5 Å². The molecule has 1 rings (SSSR count). The summed E-state index contributed by atoms with van der Waals surface area (Å²) in [4.78, 5) is 0.